The van der Waals surface area contributed by atoms with Crippen LogP contribution in [0.1, 0.15) is 37.6 Å². The van der Waals surface area contributed by atoms with Crippen molar-refractivity contribution in [2.24, 2.45) is 17.8 Å². The lowest BCUT2D eigenvalue weighted by Gasteiger charge is -2.23. The molecule has 1 aliphatic carbocycles. The van der Waals surface area contributed by atoms with Crippen molar-refractivity contribution in [3.8, 4) is 11.3 Å². The van der Waals surface area contributed by atoms with Crippen molar-refractivity contribution in [2.45, 2.75) is 50.1 Å². The standard InChI is InChI=1S/C26H25ClF5N5O2S/c1-14-16(13-40(39)23-5-4-19(28)11-34-23)3-2-15(6-21(14)29)24(38)35-8-17-7-22(33-12-20(17)27)18-9-36-25(37-10-18)26(30,31)32/h4-5,7,9-12,14-16,21H,2-3,6,8,13H2,1H3,(H,35,38)/t14-,15+,16?,21-,40?/m1/s1. The molecule has 7 nitrogen and oxygen atoms in total. The smallest absolute Gasteiger partial charge is 0.352 e. The van der Waals surface area contributed by atoms with Gasteiger partial charge in [-0.3, -0.25) is 14.0 Å². The van der Waals surface area contributed by atoms with Gasteiger partial charge in [-0.1, -0.05) is 18.5 Å². The van der Waals surface area contributed by atoms with Gasteiger partial charge in [0.15, 0.2) is 0 Å². The van der Waals surface area contributed by atoms with Crippen molar-refractivity contribution in [2.75, 3.05) is 5.75 Å². The van der Waals surface area contributed by atoms with Gasteiger partial charge >= 0.3 is 6.18 Å². The molecule has 214 valence electrons. The van der Waals surface area contributed by atoms with Crippen LogP contribution in [-0.2, 0) is 28.3 Å². The van der Waals surface area contributed by atoms with Gasteiger partial charge in [-0.25, -0.2) is 23.7 Å². The highest BCUT2D eigenvalue weighted by atomic mass is 35.5. The summed E-state index contributed by atoms with van der Waals surface area (Å²) in [5.41, 5.74) is 0.953. The Morgan fingerprint density at radius 3 is 2.48 bits per heavy atom. The average Bonchev–Trinajstić information content (AvgIpc) is 3.06. The van der Waals surface area contributed by atoms with Crippen molar-refractivity contribution in [3.05, 3.63) is 65.2 Å². The summed E-state index contributed by atoms with van der Waals surface area (Å²) in [6, 6.07) is 4.02. The second kappa shape index (κ2) is 12.6. The zero-order valence-corrected chi connectivity index (χ0v) is 22.7. The number of halogens is 6. The zero-order valence-electron chi connectivity index (χ0n) is 21.2. The third-order valence-electron chi connectivity index (χ3n) is 6.97. The van der Waals surface area contributed by atoms with E-state index in [1.807, 2.05) is 0 Å². The molecule has 0 aromatic carbocycles. The fourth-order valence-corrected chi connectivity index (χ4v) is 6.12. The van der Waals surface area contributed by atoms with Crippen LogP contribution in [0.4, 0.5) is 22.0 Å². The van der Waals surface area contributed by atoms with Crippen molar-refractivity contribution in [3.63, 3.8) is 0 Å². The first kappa shape index (κ1) is 29.9. The Labute approximate surface area is 234 Å². The molecule has 1 saturated carbocycles. The summed E-state index contributed by atoms with van der Waals surface area (Å²) in [7, 11) is -1.54. The van der Waals surface area contributed by atoms with E-state index in [4.69, 9.17) is 11.6 Å². The largest absolute Gasteiger partial charge is 0.451 e. The van der Waals surface area contributed by atoms with Gasteiger partial charge < -0.3 is 5.32 Å². The lowest BCUT2D eigenvalue weighted by Crippen LogP contribution is -2.32. The molecule has 2 unspecified atom stereocenters. The summed E-state index contributed by atoms with van der Waals surface area (Å²) in [6.45, 7) is 1.72. The third kappa shape index (κ3) is 7.36. The Morgan fingerprint density at radius 2 is 1.82 bits per heavy atom. The Balaban J connectivity index is 1.38. The molecule has 3 aromatic rings. The van der Waals surface area contributed by atoms with Gasteiger partial charge in [-0.15, -0.1) is 0 Å². The molecule has 4 rings (SSSR count). The first-order valence-electron chi connectivity index (χ1n) is 12.4. The third-order valence-corrected chi connectivity index (χ3v) is 8.75. The van der Waals surface area contributed by atoms with E-state index in [0.717, 1.165) is 18.6 Å². The Bertz CT molecular complexity index is 1360. The van der Waals surface area contributed by atoms with E-state index < -0.39 is 46.6 Å². The Morgan fingerprint density at radius 1 is 1.10 bits per heavy atom. The van der Waals surface area contributed by atoms with Crippen molar-refractivity contribution >= 4 is 28.3 Å². The van der Waals surface area contributed by atoms with Crippen molar-refractivity contribution < 1.29 is 31.0 Å². The quantitative estimate of drug-likeness (QED) is 0.281. The normalized spacial score (nSPS) is 22.4. The SMILES string of the molecule is C[C@@H]1C(CS(=O)c2ccc(F)cn2)CC[C@H](C(=O)NCc2cc(-c3cnc(C(F)(F)F)nc3)ncc2Cl)C[C@H]1F. The maximum atomic E-state index is 15.1. The van der Waals surface area contributed by atoms with E-state index in [0.29, 0.717) is 18.4 Å². The minimum Gasteiger partial charge on any atom is -0.352 e. The van der Waals surface area contributed by atoms with Gasteiger partial charge in [0.1, 0.15) is 17.0 Å². The van der Waals surface area contributed by atoms with E-state index in [1.54, 1.807) is 6.92 Å². The summed E-state index contributed by atoms with van der Waals surface area (Å²) in [5.74, 6) is -3.36. The second-order valence-corrected chi connectivity index (χ2v) is 11.5. The number of nitrogens with zero attached hydrogens (tertiary/aromatic N) is 4. The highest BCUT2D eigenvalue weighted by Gasteiger charge is 2.36. The average molecular weight is 602 g/mol. The van der Waals surface area contributed by atoms with Crippen LogP contribution in [0.15, 0.2) is 48.0 Å². The summed E-state index contributed by atoms with van der Waals surface area (Å²) >= 11 is 6.22. The van der Waals surface area contributed by atoms with Gasteiger partial charge in [-0.05, 0) is 54.9 Å². The van der Waals surface area contributed by atoms with Gasteiger partial charge in [0.2, 0.25) is 11.7 Å². The molecule has 14 heteroatoms. The fraction of sp³-hybridized carbons (Fsp3) is 0.423. The van der Waals surface area contributed by atoms with Crippen LogP contribution in [0.3, 0.4) is 0 Å². The molecule has 5 atom stereocenters. The predicted octanol–water partition coefficient (Wildman–Crippen LogP) is 5.56. The molecule has 1 fully saturated rings. The molecule has 0 saturated heterocycles. The maximum absolute atomic E-state index is 15.1. The zero-order chi connectivity index (χ0) is 29.0. The minimum atomic E-state index is -4.67. The summed E-state index contributed by atoms with van der Waals surface area (Å²) < 4.78 is 79.2. The molecule has 0 bridgehead atoms. The first-order valence-corrected chi connectivity index (χ1v) is 14.1. The van der Waals surface area contributed by atoms with Crippen LogP contribution in [0, 0.1) is 23.6 Å². The molecule has 40 heavy (non-hydrogen) atoms. The molecule has 1 amide bonds. The number of carbonyl (C=O) groups excluding carboxylic acids is 1. The topological polar surface area (TPSA) is 97.7 Å². The number of hydrogen-bond donors (Lipinski definition) is 1. The second-order valence-electron chi connectivity index (χ2n) is 9.64. The number of pyridine rings is 2. The van der Waals surface area contributed by atoms with E-state index >= 15 is 4.39 Å². The van der Waals surface area contributed by atoms with E-state index in [9.17, 15) is 26.6 Å². The molecule has 1 N–H and O–H groups in total. The van der Waals surface area contributed by atoms with Crippen LogP contribution >= 0.6 is 11.6 Å². The molecule has 1 aliphatic rings. The molecular weight excluding hydrogens is 577 g/mol. The summed E-state index contributed by atoms with van der Waals surface area (Å²) in [5, 5.41) is 3.21. The molecule has 0 radical (unpaired) electrons. The summed E-state index contributed by atoms with van der Waals surface area (Å²) in [6.07, 6.45) is -0.823. The van der Waals surface area contributed by atoms with Crippen LogP contribution in [0.25, 0.3) is 11.3 Å². The lowest BCUT2D eigenvalue weighted by molar-refractivity contribution is -0.145. The van der Waals surface area contributed by atoms with Crippen LogP contribution in [0.2, 0.25) is 5.02 Å². The van der Waals surface area contributed by atoms with Gasteiger partial charge in [0.25, 0.3) is 0 Å². The molecular formula is C26H25ClF5N5O2S. The molecule has 0 aliphatic heterocycles. The minimum absolute atomic E-state index is 0.00313. The van der Waals surface area contributed by atoms with E-state index in [2.05, 4.69) is 25.3 Å². The number of hydrogen-bond acceptors (Lipinski definition) is 6. The molecule has 3 heterocycles. The van der Waals surface area contributed by atoms with Crippen molar-refractivity contribution in [1.82, 2.24) is 25.3 Å². The summed E-state index contributed by atoms with van der Waals surface area (Å²) in [4.78, 5) is 27.6. The monoisotopic (exact) mass is 601 g/mol. The highest BCUT2D eigenvalue weighted by molar-refractivity contribution is 7.84. The molecule has 3 aromatic heterocycles. The fourth-order valence-electron chi connectivity index (χ4n) is 4.53. The Kier molecular flexibility index (Phi) is 9.44. The first-order chi connectivity index (χ1) is 18.9. The number of rotatable bonds is 7. The lowest BCUT2D eigenvalue weighted by atomic mass is 9.90. The van der Waals surface area contributed by atoms with Gasteiger partial charge in [0.05, 0.1) is 27.7 Å². The molecule has 0 spiro atoms. The number of aromatic nitrogens is 4. The maximum Gasteiger partial charge on any atom is 0.451 e. The van der Waals surface area contributed by atoms with Crippen LogP contribution in [0.5, 0.6) is 0 Å². The van der Waals surface area contributed by atoms with Crippen molar-refractivity contribution in [1.29, 1.82) is 0 Å². The van der Waals surface area contributed by atoms with Crippen LogP contribution < -0.4 is 5.32 Å². The number of nitrogens with one attached hydrogen (secondary N) is 1. The predicted molar refractivity (Wildman–Crippen MR) is 137 cm³/mol. The van der Waals surface area contributed by atoms with E-state index in [-0.39, 0.29) is 51.8 Å². The highest BCUT2D eigenvalue weighted by Crippen LogP contribution is 2.35. The van der Waals surface area contributed by atoms with Crippen LogP contribution in [-0.4, -0.2) is 42.0 Å². The number of alkyl halides is 4. The van der Waals surface area contributed by atoms with E-state index in [1.165, 1.54) is 24.4 Å². The van der Waals surface area contributed by atoms with Gasteiger partial charge in [0, 0.05) is 42.4 Å². The number of carbonyl (C=O) groups is 1. The van der Waals surface area contributed by atoms with Gasteiger partial charge in [-0.2, -0.15) is 13.2 Å². The Hall–Kier alpha value is -3.06. The number of amides is 1.